The van der Waals surface area contributed by atoms with E-state index in [9.17, 15) is 14.7 Å². The highest BCUT2D eigenvalue weighted by Crippen LogP contribution is 2.30. The molecule has 1 fully saturated rings. The maximum absolute atomic E-state index is 12.3. The second-order valence-electron chi connectivity index (χ2n) is 6.01. The Balaban J connectivity index is 1.64. The molecule has 9 heteroatoms. The first-order chi connectivity index (χ1) is 13.4. The fraction of sp³-hybridized carbons (Fsp3) is 0.0526. The maximum Gasteiger partial charge on any atom is 0.339 e. The van der Waals surface area contributed by atoms with E-state index in [0.29, 0.717) is 21.6 Å². The highest BCUT2D eigenvalue weighted by molar-refractivity contribution is 8.18. The van der Waals surface area contributed by atoms with Gasteiger partial charge in [-0.3, -0.25) is 4.79 Å². The van der Waals surface area contributed by atoms with Crippen LogP contribution in [0.15, 0.2) is 52.4 Å². The van der Waals surface area contributed by atoms with Crippen LogP contribution < -0.4 is 5.32 Å². The third-order valence-corrected chi connectivity index (χ3v) is 5.08. The van der Waals surface area contributed by atoms with Crippen molar-refractivity contribution in [3.8, 4) is 5.75 Å². The number of imidazole rings is 1. The Labute approximate surface area is 163 Å². The molecule has 0 saturated carbocycles. The predicted molar refractivity (Wildman–Crippen MR) is 107 cm³/mol. The average Bonchev–Trinajstić information content (AvgIpc) is 3.17. The molecule has 1 amide bonds. The summed E-state index contributed by atoms with van der Waals surface area (Å²) in [5.74, 6) is -1.28. The van der Waals surface area contributed by atoms with E-state index in [2.05, 4.69) is 15.3 Å². The van der Waals surface area contributed by atoms with E-state index in [1.807, 2.05) is 35.9 Å². The lowest BCUT2D eigenvalue weighted by Gasteiger charge is -2.01. The largest absolute Gasteiger partial charge is 0.507 e. The van der Waals surface area contributed by atoms with Crippen LogP contribution in [0.2, 0.25) is 0 Å². The molecule has 1 saturated heterocycles. The van der Waals surface area contributed by atoms with E-state index in [1.165, 1.54) is 18.2 Å². The lowest BCUT2D eigenvalue weighted by Crippen LogP contribution is -2.19. The van der Waals surface area contributed by atoms with E-state index >= 15 is 0 Å². The van der Waals surface area contributed by atoms with Gasteiger partial charge in [-0.25, -0.2) is 14.8 Å². The number of benzene rings is 2. The number of amidine groups is 1. The molecule has 0 unspecified atom stereocenters. The second kappa shape index (κ2) is 6.86. The van der Waals surface area contributed by atoms with Crippen molar-refractivity contribution in [1.82, 2.24) is 14.9 Å². The van der Waals surface area contributed by atoms with Crippen molar-refractivity contribution < 1.29 is 19.8 Å². The molecule has 4 rings (SSSR count). The van der Waals surface area contributed by atoms with E-state index in [4.69, 9.17) is 5.11 Å². The highest BCUT2D eigenvalue weighted by atomic mass is 32.2. The molecular weight excluding hydrogens is 380 g/mol. The molecule has 2 aromatic carbocycles. The summed E-state index contributed by atoms with van der Waals surface area (Å²) in [6.07, 6.45) is 1.68. The molecule has 3 aromatic rings. The summed E-state index contributed by atoms with van der Waals surface area (Å²) in [5, 5.41) is 21.6. The first-order valence-corrected chi connectivity index (χ1v) is 9.01. The minimum Gasteiger partial charge on any atom is -0.507 e. The summed E-state index contributed by atoms with van der Waals surface area (Å²) < 4.78 is 1.89. The number of nitrogens with zero attached hydrogens (tertiary/aromatic N) is 3. The monoisotopic (exact) mass is 394 g/mol. The molecule has 1 aromatic heterocycles. The number of thioether (sulfide) groups is 1. The van der Waals surface area contributed by atoms with E-state index in [1.54, 1.807) is 6.08 Å². The summed E-state index contributed by atoms with van der Waals surface area (Å²) in [5.41, 5.74) is 1.84. The van der Waals surface area contributed by atoms with Crippen molar-refractivity contribution in [1.29, 1.82) is 0 Å². The Kier molecular flexibility index (Phi) is 4.36. The number of fused-ring (bicyclic) bond motifs is 1. The van der Waals surface area contributed by atoms with Crippen LogP contribution in [0, 0.1) is 0 Å². The molecule has 0 spiro atoms. The van der Waals surface area contributed by atoms with Gasteiger partial charge in [-0.2, -0.15) is 0 Å². The number of rotatable bonds is 3. The van der Waals surface area contributed by atoms with Crippen molar-refractivity contribution >= 4 is 51.6 Å². The standard InChI is InChI=1S/C19H14N4O4S/c1-23-13-5-3-2-4-12(13)21-16(23)9-15-17(25)22-19(28-15)20-10-6-7-14(24)11(8-10)18(26)27/h2-9,24H,1H3,(H,26,27)(H,20,22,25). The Hall–Kier alpha value is -3.59. The van der Waals surface area contributed by atoms with Crippen molar-refractivity contribution in [2.24, 2.45) is 12.0 Å². The van der Waals surface area contributed by atoms with Gasteiger partial charge in [-0.05, 0) is 42.1 Å². The summed E-state index contributed by atoms with van der Waals surface area (Å²) in [7, 11) is 1.87. The molecule has 0 aliphatic carbocycles. The molecule has 140 valence electrons. The lowest BCUT2D eigenvalue weighted by molar-refractivity contribution is -0.115. The average molecular weight is 394 g/mol. The number of para-hydroxylation sites is 2. The zero-order valence-electron chi connectivity index (χ0n) is 14.6. The van der Waals surface area contributed by atoms with Gasteiger partial charge in [0.15, 0.2) is 5.17 Å². The van der Waals surface area contributed by atoms with Gasteiger partial charge in [0.05, 0.1) is 21.6 Å². The molecule has 0 atom stereocenters. The van der Waals surface area contributed by atoms with Gasteiger partial charge < -0.3 is 20.1 Å². The number of nitrogens with one attached hydrogen (secondary N) is 1. The summed E-state index contributed by atoms with van der Waals surface area (Å²) in [4.78, 5) is 32.6. The number of amides is 1. The number of carbonyl (C=O) groups excluding carboxylic acids is 1. The predicted octanol–water partition coefficient (Wildman–Crippen LogP) is 2.87. The summed E-state index contributed by atoms with van der Waals surface area (Å²) in [6.45, 7) is 0. The third-order valence-electron chi connectivity index (χ3n) is 4.17. The van der Waals surface area contributed by atoms with Crippen LogP contribution in [-0.2, 0) is 11.8 Å². The number of carboxylic acid groups (broad SMARTS) is 1. The zero-order valence-corrected chi connectivity index (χ0v) is 15.4. The highest BCUT2D eigenvalue weighted by Gasteiger charge is 2.25. The molecule has 1 aliphatic heterocycles. The Morgan fingerprint density at radius 3 is 2.82 bits per heavy atom. The van der Waals surface area contributed by atoms with Gasteiger partial charge in [-0.1, -0.05) is 12.1 Å². The molecular formula is C19H14N4O4S. The first kappa shape index (κ1) is 17.8. The van der Waals surface area contributed by atoms with Crippen LogP contribution in [0.25, 0.3) is 17.1 Å². The Morgan fingerprint density at radius 2 is 2.07 bits per heavy atom. The number of aromatic nitrogens is 2. The van der Waals surface area contributed by atoms with Gasteiger partial charge in [0, 0.05) is 13.1 Å². The number of aromatic carboxylic acids is 1. The minimum atomic E-state index is -1.26. The van der Waals surface area contributed by atoms with E-state index in [-0.39, 0.29) is 17.2 Å². The maximum atomic E-state index is 12.3. The Bertz CT molecular complexity index is 1200. The third kappa shape index (κ3) is 3.23. The van der Waals surface area contributed by atoms with Crippen LogP contribution in [0.3, 0.4) is 0 Å². The van der Waals surface area contributed by atoms with Crippen molar-refractivity contribution in [3.63, 3.8) is 0 Å². The quantitative estimate of drug-likeness (QED) is 0.588. The number of aromatic hydroxyl groups is 1. The van der Waals surface area contributed by atoms with Crippen molar-refractivity contribution in [2.45, 2.75) is 0 Å². The number of aryl methyl sites for hydroxylation is 1. The lowest BCUT2D eigenvalue weighted by atomic mass is 10.2. The fourth-order valence-electron chi connectivity index (χ4n) is 2.77. The number of aliphatic imine (C=N–C) groups is 1. The van der Waals surface area contributed by atoms with E-state index < -0.39 is 5.97 Å². The topological polar surface area (TPSA) is 117 Å². The van der Waals surface area contributed by atoms with E-state index in [0.717, 1.165) is 22.8 Å². The van der Waals surface area contributed by atoms with Gasteiger partial charge in [-0.15, -0.1) is 0 Å². The minimum absolute atomic E-state index is 0.258. The molecule has 0 radical (unpaired) electrons. The molecule has 3 N–H and O–H groups in total. The van der Waals surface area contributed by atoms with Gasteiger partial charge >= 0.3 is 5.97 Å². The Morgan fingerprint density at radius 1 is 1.29 bits per heavy atom. The second-order valence-corrected chi connectivity index (χ2v) is 7.04. The van der Waals surface area contributed by atoms with Crippen LogP contribution in [0.5, 0.6) is 5.75 Å². The van der Waals surface area contributed by atoms with Crippen LogP contribution >= 0.6 is 11.8 Å². The summed E-state index contributed by atoms with van der Waals surface area (Å²) in [6, 6.07) is 11.6. The van der Waals surface area contributed by atoms with Crippen molar-refractivity contribution in [2.75, 3.05) is 0 Å². The van der Waals surface area contributed by atoms with Crippen molar-refractivity contribution in [3.05, 3.63) is 58.8 Å². The SMILES string of the molecule is Cn1c(C=C2SC(=Nc3ccc(O)c(C(=O)O)c3)NC2=O)nc2ccccc21. The summed E-state index contributed by atoms with van der Waals surface area (Å²) >= 11 is 1.13. The molecule has 0 bridgehead atoms. The molecule has 8 nitrogen and oxygen atoms in total. The number of hydrogen-bond donors (Lipinski definition) is 3. The smallest absolute Gasteiger partial charge is 0.339 e. The molecule has 1 aliphatic rings. The first-order valence-electron chi connectivity index (χ1n) is 8.20. The number of phenols is 1. The normalized spacial score (nSPS) is 16.8. The van der Waals surface area contributed by atoms with Crippen LogP contribution in [-0.4, -0.2) is 36.8 Å². The zero-order chi connectivity index (χ0) is 19.8. The number of carboxylic acids is 1. The van der Waals surface area contributed by atoms with Crippen LogP contribution in [0.4, 0.5) is 5.69 Å². The fourth-order valence-corrected chi connectivity index (χ4v) is 3.58. The molecule has 2 heterocycles. The van der Waals surface area contributed by atoms with Crippen LogP contribution in [0.1, 0.15) is 16.2 Å². The van der Waals surface area contributed by atoms with Gasteiger partial charge in [0.1, 0.15) is 17.1 Å². The van der Waals surface area contributed by atoms with Gasteiger partial charge in [0.2, 0.25) is 0 Å². The molecule has 28 heavy (non-hydrogen) atoms. The number of carbonyl (C=O) groups is 2. The number of hydrogen-bond acceptors (Lipinski definition) is 6. The van der Waals surface area contributed by atoms with Gasteiger partial charge in [0.25, 0.3) is 5.91 Å².